The molecule has 0 rings (SSSR count). The monoisotopic (exact) mass is 1110 g/mol. The van der Waals surface area contributed by atoms with Crippen molar-refractivity contribution in [2.24, 2.45) is 0 Å². The van der Waals surface area contributed by atoms with Crippen LogP contribution in [0.2, 0.25) is 0 Å². The van der Waals surface area contributed by atoms with Crippen LogP contribution in [0.1, 0.15) is 310 Å². The highest BCUT2D eigenvalue weighted by atomic mass is 16.6. The second-order valence-electron chi connectivity index (χ2n) is 22.0. The lowest BCUT2D eigenvalue weighted by Crippen LogP contribution is -2.30. The lowest BCUT2D eigenvalue weighted by atomic mass is 10.1. The van der Waals surface area contributed by atoms with Crippen LogP contribution in [0.15, 0.2) is 122 Å². The maximum atomic E-state index is 12.9. The van der Waals surface area contributed by atoms with E-state index in [0.717, 1.165) is 141 Å². The van der Waals surface area contributed by atoms with E-state index in [4.69, 9.17) is 14.2 Å². The quantitative estimate of drug-likeness (QED) is 0.0261. The molecule has 456 valence electrons. The van der Waals surface area contributed by atoms with Gasteiger partial charge in [0.05, 0.1) is 0 Å². The van der Waals surface area contributed by atoms with Crippen LogP contribution in [0.5, 0.6) is 0 Å². The van der Waals surface area contributed by atoms with Crippen LogP contribution in [-0.4, -0.2) is 37.2 Å². The smallest absolute Gasteiger partial charge is 0.306 e. The first-order valence-electron chi connectivity index (χ1n) is 33.5. The van der Waals surface area contributed by atoms with E-state index >= 15 is 0 Å². The van der Waals surface area contributed by atoms with Gasteiger partial charge in [-0.25, -0.2) is 0 Å². The summed E-state index contributed by atoms with van der Waals surface area (Å²) in [6, 6.07) is 0. The van der Waals surface area contributed by atoms with Gasteiger partial charge in [-0.1, -0.05) is 277 Å². The van der Waals surface area contributed by atoms with Gasteiger partial charge in [0.15, 0.2) is 6.10 Å². The minimum Gasteiger partial charge on any atom is -0.462 e. The van der Waals surface area contributed by atoms with E-state index in [1.165, 1.54) is 128 Å². The molecule has 0 N–H and O–H groups in total. The van der Waals surface area contributed by atoms with Crippen molar-refractivity contribution in [3.63, 3.8) is 0 Å². The minimum absolute atomic E-state index is 0.0942. The zero-order valence-electron chi connectivity index (χ0n) is 52.3. The van der Waals surface area contributed by atoms with Crippen LogP contribution in [-0.2, 0) is 28.6 Å². The molecule has 6 nitrogen and oxygen atoms in total. The molecule has 6 heteroatoms. The van der Waals surface area contributed by atoms with Gasteiger partial charge in [0, 0.05) is 19.3 Å². The summed E-state index contributed by atoms with van der Waals surface area (Å²) in [7, 11) is 0. The Hall–Kier alpha value is -4.19. The standard InChI is InChI=1S/C74H124O6/c1-4-7-10-13-16-19-22-25-28-31-33-35-36-37-38-40-41-43-46-49-52-55-58-61-64-67-73(76)79-70-71(69-78-72(75)66-63-60-57-54-51-48-45-30-27-24-21-18-15-12-9-6-3)80-74(77)68-65-62-59-56-53-50-47-44-42-39-34-32-29-26-23-20-17-14-11-8-5-2/h7,10,16,19,23,25-26,28,30,32-35,37-38,41-45,71H,4-6,8-9,11-15,17-18,20-22,24,27,29,31,36,39-40,46-70H2,1-3H3/b10-7-,19-16-,26-23-,28-25-,34-32-,35-33-,38-37-,43-41-,44-42-,45-30-. The molecule has 0 aliphatic carbocycles. The highest BCUT2D eigenvalue weighted by Gasteiger charge is 2.19. The normalized spacial score (nSPS) is 12.9. The fourth-order valence-corrected chi connectivity index (χ4v) is 9.15. The zero-order valence-corrected chi connectivity index (χ0v) is 52.3. The van der Waals surface area contributed by atoms with Gasteiger partial charge in [-0.3, -0.25) is 14.4 Å². The Morgan fingerprint density at radius 1 is 0.263 bits per heavy atom. The van der Waals surface area contributed by atoms with Gasteiger partial charge in [-0.15, -0.1) is 0 Å². The Morgan fingerprint density at radius 3 is 0.775 bits per heavy atom. The van der Waals surface area contributed by atoms with Gasteiger partial charge in [0.1, 0.15) is 13.2 Å². The van der Waals surface area contributed by atoms with Gasteiger partial charge in [-0.05, 0) is 135 Å². The van der Waals surface area contributed by atoms with E-state index < -0.39 is 6.10 Å². The third-order valence-corrected chi connectivity index (χ3v) is 14.2. The lowest BCUT2D eigenvalue weighted by Gasteiger charge is -2.18. The molecule has 0 aliphatic heterocycles. The van der Waals surface area contributed by atoms with Crippen molar-refractivity contribution in [1.29, 1.82) is 0 Å². The van der Waals surface area contributed by atoms with Gasteiger partial charge < -0.3 is 14.2 Å². The van der Waals surface area contributed by atoms with E-state index in [-0.39, 0.29) is 31.1 Å². The summed E-state index contributed by atoms with van der Waals surface area (Å²) in [6.45, 7) is 6.50. The first-order chi connectivity index (χ1) is 39.5. The summed E-state index contributed by atoms with van der Waals surface area (Å²) in [5.41, 5.74) is 0. The second kappa shape index (κ2) is 67.3. The maximum absolute atomic E-state index is 12.9. The zero-order chi connectivity index (χ0) is 57.8. The number of carbonyl (C=O) groups excluding carboxylic acids is 3. The predicted octanol–water partition coefficient (Wildman–Crippen LogP) is 23.2. The van der Waals surface area contributed by atoms with Crippen molar-refractivity contribution in [3.05, 3.63) is 122 Å². The average Bonchev–Trinajstić information content (AvgIpc) is 3.46. The molecular formula is C74H124O6. The van der Waals surface area contributed by atoms with E-state index in [0.29, 0.717) is 19.3 Å². The molecule has 0 radical (unpaired) electrons. The van der Waals surface area contributed by atoms with Crippen molar-refractivity contribution in [2.75, 3.05) is 13.2 Å². The summed E-state index contributed by atoms with van der Waals surface area (Å²) < 4.78 is 16.9. The molecule has 0 aromatic carbocycles. The van der Waals surface area contributed by atoms with Gasteiger partial charge >= 0.3 is 17.9 Å². The van der Waals surface area contributed by atoms with Crippen molar-refractivity contribution in [3.8, 4) is 0 Å². The van der Waals surface area contributed by atoms with E-state index in [1.807, 2.05) is 0 Å². The third-order valence-electron chi connectivity index (χ3n) is 14.2. The van der Waals surface area contributed by atoms with Crippen LogP contribution in [0.4, 0.5) is 0 Å². The fourth-order valence-electron chi connectivity index (χ4n) is 9.15. The minimum atomic E-state index is -0.800. The molecule has 80 heavy (non-hydrogen) atoms. The summed E-state index contributed by atoms with van der Waals surface area (Å²) in [4.78, 5) is 38.4. The maximum Gasteiger partial charge on any atom is 0.306 e. The number of rotatable bonds is 60. The Balaban J connectivity index is 4.45. The summed E-state index contributed by atoms with van der Waals surface area (Å²) in [6.07, 6.45) is 93.4. The number of hydrogen-bond acceptors (Lipinski definition) is 6. The number of hydrogen-bond donors (Lipinski definition) is 0. The molecule has 0 amide bonds. The molecule has 0 aromatic rings. The summed E-state index contributed by atoms with van der Waals surface area (Å²) >= 11 is 0. The molecule has 1 atom stereocenters. The molecule has 0 fully saturated rings. The molecule has 0 aromatic heterocycles. The lowest BCUT2D eigenvalue weighted by molar-refractivity contribution is -0.167. The van der Waals surface area contributed by atoms with Gasteiger partial charge in [0.2, 0.25) is 0 Å². The molecule has 0 aliphatic rings. The average molecular weight is 1110 g/mol. The van der Waals surface area contributed by atoms with Crippen molar-refractivity contribution in [2.45, 2.75) is 316 Å². The van der Waals surface area contributed by atoms with Crippen molar-refractivity contribution >= 4 is 17.9 Å². The van der Waals surface area contributed by atoms with Crippen LogP contribution >= 0.6 is 0 Å². The molecule has 1 unspecified atom stereocenters. The van der Waals surface area contributed by atoms with Crippen LogP contribution in [0.3, 0.4) is 0 Å². The number of ether oxygens (including phenoxy) is 3. The van der Waals surface area contributed by atoms with Crippen LogP contribution < -0.4 is 0 Å². The molecule has 0 spiro atoms. The van der Waals surface area contributed by atoms with E-state index in [1.54, 1.807) is 0 Å². The number of unbranched alkanes of at least 4 members (excludes halogenated alkanes) is 29. The first kappa shape index (κ1) is 75.8. The third kappa shape index (κ3) is 64.6. The van der Waals surface area contributed by atoms with Crippen molar-refractivity contribution in [1.82, 2.24) is 0 Å². The van der Waals surface area contributed by atoms with E-state index in [9.17, 15) is 14.4 Å². The Labute approximate surface area is 494 Å². The first-order valence-corrected chi connectivity index (χ1v) is 33.5. The van der Waals surface area contributed by atoms with Crippen LogP contribution in [0, 0.1) is 0 Å². The Bertz CT molecular complexity index is 1650. The predicted molar refractivity (Wildman–Crippen MR) is 348 cm³/mol. The largest absolute Gasteiger partial charge is 0.462 e. The molecule has 0 saturated heterocycles. The highest BCUT2D eigenvalue weighted by Crippen LogP contribution is 2.15. The van der Waals surface area contributed by atoms with Gasteiger partial charge in [0.25, 0.3) is 0 Å². The van der Waals surface area contributed by atoms with Crippen LogP contribution in [0.25, 0.3) is 0 Å². The molecule has 0 saturated carbocycles. The SMILES string of the molecule is CC/C=C\C/C=C\C/C=C\C/C=C\C/C=C\C/C=C\CCCCCCCCC(=O)OCC(COC(=O)CCCCCCC/C=C\CCCCCCCCC)OC(=O)CCCCCCCC/C=C\C/C=C\C/C=C\CCCCCCC. The number of carbonyl (C=O) groups is 3. The van der Waals surface area contributed by atoms with Crippen molar-refractivity contribution < 1.29 is 28.6 Å². The number of allylic oxidation sites excluding steroid dienone is 20. The van der Waals surface area contributed by atoms with E-state index in [2.05, 4.69) is 142 Å². The molecule has 0 bridgehead atoms. The fraction of sp³-hybridized carbons (Fsp3) is 0.689. The summed E-state index contributed by atoms with van der Waals surface area (Å²) in [5, 5.41) is 0. The Kier molecular flexibility index (Phi) is 63.8. The molecular weight excluding hydrogens is 985 g/mol. The topological polar surface area (TPSA) is 78.9 Å². The van der Waals surface area contributed by atoms with Gasteiger partial charge in [-0.2, -0.15) is 0 Å². The Morgan fingerprint density at radius 2 is 0.487 bits per heavy atom. The summed E-state index contributed by atoms with van der Waals surface area (Å²) in [5.74, 6) is -0.922. The highest BCUT2D eigenvalue weighted by molar-refractivity contribution is 5.71. The second-order valence-corrected chi connectivity index (χ2v) is 22.0. The molecule has 0 heterocycles. The number of esters is 3.